The molecule has 32 heavy (non-hydrogen) atoms. The zero-order valence-electron chi connectivity index (χ0n) is 18.2. The number of hydrogen-bond acceptors (Lipinski definition) is 5. The average molecular weight is 452 g/mol. The Balaban J connectivity index is 1.42. The second kappa shape index (κ2) is 10.6. The summed E-state index contributed by atoms with van der Waals surface area (Å²) in [6.45, 7) is 3.72. The number of carbonyl (C=O) groups is 1. The van der Waals surface area contributed by atoms with Crippen LogP contribution in [0, 0.1) is 0 Å². The van der Waals surface area contributed by atoms with E-state index in [0.717, 1.165) is 31.8 Å². The molecular formula is C23H27F3N2O4. The molecule has 0 spiro atoms. The third-order valence-electron chi connectivity index (χ3n) is 5.34. The van der Waals surface area contributed by atoms with Gasteiger partial charge in [-0.3, -0.25) is 9.69 Å². The van der Waals surface area contributed by atoms with Crippen LogP contribution >= 0.6 is 0 Å². The molecule has 6 nitrogen and oxygen atoms in total. The fourth-order valence-electron chi connectivity index (χ4n) is 3.57. The highest BCUT2D eigenvalue weighted by Gasteiger charge is 2.30. The maximum atomic E-state index is 12.8. The molecule has 2 aromatic carbocycles. The summed E-state index contributed by atoms with van der Waals surface area (Å²) in [4.78, 5) is 16.8. The van der Waals surface area contributed by atoms with E-state index in [9.17, 15) is 18.0 Å². The van der Waals surface area contributed by atoms with E-state index in [4.69, 9.17) is 14.2 Å². The van der Waals surface area contributed by atoms with Gasteiger partial charge in [-0.25, -0.2) is 0 Å². The average Bonchev–Trinajstić information content (AvgIpc) is 2.81. The fourth-order valence-corrected chi connectivity index (χ4v) is 3.57. The Kier molecular flexibility index (Phi) is 7.84. The number of halogens is 3. The molecule has 0 aliphatic carbocycles. The second-order valence-corrected chi connectivity index (χ2v) is 7.43. The van der Waals surface area contributed by atoms with Crippen molar-refractivity contribution >= 4 is 5.91 Å². The van der Waals surface area contributed by atoms with Crippen molar-refractivity contribution in [3.8, 4) is 17.2 Å². The van der Waals surface area contributed by atoms with Crippen LogP contribution in [0.5, 0.6) is 17.2 Å². The molecule has 0 atom stereocenters. The minimum atomic E-state index is -4.38. The van der Waals surface area contributed by atoms with Crippen LogP contribution in [0.2, 0.25) is 0 Å². The van der Waals surface area contributed by atoms with E-state index < -0.39 is 11.7 Å². The lowest BCUT2D eigenvalue weighted by Crippen LogP contribution is -2.49. The molecule has 0 bridgehead atoms. The Labute approximate surface area is 185 Å². The predicted molar refractivity (Wildman–Crippen MR) is 113 cm³/mol. The van der Waals surface area contributed by atoms with Gasteiger partial charge in [0.1, 0.15) is 5.75 Å². The molecule has 1 amide bonds. The number of nitrogens with zero attached hydrogens (tertiary/aromatic N) is 2. The van der Waals surface area contributed by atoms with Crippen molar-refractivity contribution < 1.29 is 32.2 Å². The van der Waals surface area contributed by atoms with Gasteiger partial charge in [-0.05, 0) is 42.8 Å². The summed E-state index contributed by atoms with van der Waals surface area (Å²) in [5.74, 6) is 1.24. The molecule has 1 fully saturated rings. The van der Waals surface area contributed by atoms with Crippen molar-refractivity contribution in [2.24, 2.45) is 0 Å². The SMILES string of the molecule is COc1ccc(C(=O)N2CCN(CCCOc3cccc(C(F)(F)F)c3)CC2)cc1OC. The Morgan fingerprint density at radius 2 is 1.69 bits per heavy atom. The number of amides is 1. The van der Waals surface area contributed by atoms with Crippen LogP contribution in [-0.4, -0.2) is 69.3 Å². The zero-order chi connectivity index (χ0) is 23.1. The van der Waals surface area contributed by atoms with Crippen molar-refractivity contribution in [1.29, 1.82) is 0 Å². The van der Waals surface area contributed by atoms with E-state index in [1.807, 2.05) is 0 Å². The highest BCUT2D eigenvalue weighted by Crippen LogP contribution is 2.31. The Hall–Kier alpha value is -2.94. The molecule has 1 heterocycles. The number of rotatable bonds is 8. The van der Waals surface area contributed by atoms with E-state index in [2.05, 4.69) is 4.90 Å². The van der Waals surface area contributed by atoms with Crippen LogP contribution < -0.4 is 14.2 Å². The van der Waals surface area contributed by atoms with Crippen molar-refractivity contribution in [3.05, 3.63) is 53.6 Å². The first-order valence-corrected chi connectivity index (χ1v) is 10.4. The van der Waals surface area contributed by atoms with Gasteiger partial charge in [0.05, 0.1) is 26.4 Å². The molecule has 9 heteroatoms. The van der Waals surface area contributed by atoms with Gasteiger partial charge in [0.25, 0.3) is 5.91 Å². The van der Waals surface area contributed by atoms with E-state index in [1.165, 1.54) is 19.2 Å². The second-order valence-electron chi connectivity index (χ2n) is 7.43. The van der Waals surface area contributed by atoms with E-state index in [0.29, 0.717) is 43.2 Å². The molecule has 0 N–H and O–H groups in total. The van der Waals surface area contributed by atoms with Crippen molar-refractivity contribution in [2.45, 2.75) is 12.6 Å². The first-order valence-electron chi connectivity index (χ1n) is 10.4. The molecule has 0 unspecified atom stereocenters. The number of methoxy groups -OCH3 is 2. The molecule has 1 saturated heterocycles. The summed E-state index contributed by atoms with van der Waals surface area (Å²) in [6, 6.07) is 10.0. The number of alkyl halides is 3. The van der Waals surface area contributed by atoms with Gasteiger partial charge in [0.2, 0.25) is 0 Å². The van der Waals surface area contributed by atoms with E-state index >= 15 is 0 Å². The summed E-state index contributed by atoms with van der Waals surface area (Å²) in [6.07, 6.45) is -3.70. The lowest BCUT2D eigenvalue weighted by atomic mass is 10.1. The molecule has 0 saturated carbocycles. The highest BCUT2D eigenvalue weighted by molar-refractivity contribution is 5.95. The van der Waals surface area contributed by atoms with Crippen molar-refractivity contribution in [1.82, 2.24) is 9.80 Å². The lowest BCUT2D eigenvalue weighted by Gasteiger charge is -2.34. The number of ether oxygens (including phenoxy) is 3. The van der Waals surface area contributed by atoms with E-state index in [1.54, 1.807) is 30.2 Å². The number of hydrogen-bond donors (Lipinski definition) is 0. The standard InChI is InChI=1S/C23H27F3N2O4/c1-30-20-8-7-17(15-21(20)31-2)22(29)28-12-10-27(11-13-28)9-4-14-32-19-6-3-5-18(16-19)23(24,25)26/h3,5-8,15-16H,4,9-14H2,1-2H3. The third kappa shape index (κ3) is 6.06. The van der Waals surface area contributed by atoms with E-state index in [-0.39, 0.29) is 11.7 Å². The summed E-state index contributed by atoms with van der Waals surface area (Å²) in [5.41, 5.74) is -0.171. The van der Waals surface area contributed by atoms with Gasteiger partial charge < -0.3 is 19.1 Å². The van der Waals surface area contributed by atoms with Crippen LogP contribution in [0.1, 0.15) is 22.3 Å². The topological polar surface area (TPSA) is 51.2 Å². The van der Waals surface area contributed by atoms with Gasteiger partial charge in [-0.2, -0.15) is 13.2 Å². The molecule has 1 aliphatic heterocycles. The summed E-state index contributed by atoms with van der Waals surface area (Å²) in [7, 11) is 3.07. The van der Waals surface area contributed by atoms with Gasteiger partial charge in [-0.15, -0.1) is 0 Å². The summed E-state index contributed by atoms with van der Waals surface area (Å²) < 4.78 is 54.3. The number of piperazine rings is 1. The minimum Gasteiger partial charge on any atom is -0.494 e. The van der Waals surface area contributed by atoms with Crippen LogP contribution in [0.25, 0.3) is 0 Å². The van der Waals surface area contributed by atoms with Crippen molar-refractivity contribution in [2.75, 3.05) is 53.6 Å². The van der Waals surface area contributed by atoms with Gasteiger partial charge in [0.15, 0.2) is 11.5 Å². The van der Waals surface area contributed by atoms with Crippen LogP contribution in [0.3, 0.4) is 0 Å². The maximum absolute atomic E-state index is 12.8. The summed E-state index contributed by atoms with van der Waals surface area (Å²) in [5, 5.41) is 0. The smallest absolute Gasteiger partial charge is 0.416 e. The quantitative estimate of drug-likeness (QED) is 0.568. The molecule has 0 aromatic heterocycles. The van der Waals surface area contributed by atoms with Crippen LogP contribution in [0.15, 0.2) is 42.5 Å². The van der Waals surface area contributed by atoms with Crippen LogP contribution in [-0.2, 0) is 6.18 Å². The van der Waals surface area contributed by atoms with Crippen LogP contribution in [0.4, 0.5) is 13.2 Å². The predicted octanol–water partition coefficient (Wildman–Crippen LogP) is 3.95. The lowest BCUT2D eigenvalue weighted by molar-refractivity contribution is -0.137. The maximum Gasteiger partial charge on any atom is 0.416 e. The van der Waals surface area contributed by atoms with Gasteiger partial charge >= 0.3 is 6.18 Å². The number of carbonyl (C=O) groups excluding carboxylic acids is 1. The fraction of sp³-hybridized carbons (Fsp3) is 0.435. The zero-order valence-corrected chi connectivity index (χ0v) is 18.2. The monoisotopic (exact) mass is 452 g/mol. The Bertz CT molecular complexity index is 912. The van der Waals surface area contributed by atoms with Gasteiger partial charge in [0, 0.05) is 38.3 Å². The Morgan fingerprint density at radius 1 is 0.969 bits per heavy atom. The highest BCUT2D eigenvalue weighted by atomic mass is 19.4. The minimum absolute atomic E-state index is 0.0570. The molecular weight excluding hydrogens is 425 g/mol. The normalized spacial score (nSPS) is 14.8. The first kappa shape index (κ1) is 23.7. The molecule has 174 valence electrons. The Morgan fingerprint density at radius 3 is 2.34 bits per heavy atom. The number of benzene rings is 2. The van der Waals surface area contributed by atoms with Crippen molar-refractivity contribution in [3.63, 3.8) is 0 Å². The molecule has 2 aromatic rings. The van der Waals surface area contributed by atoms with Gasteiger partial charge in [-0.1, -0.05) is 6.07 Å². The summed E-state index contributed by atoms with van der Waals surface area (Å²) >= 11 is 0. The first-order chi connectivity index (χ1) is 15.3. The molecule has 3 rings (SSSR count). The molecule has 0 radical (unpaired) electrons. The largest absolute Gasteiger partial charge is 0.494 e. The third-order valence-corrected chi connectivity index (χ3v) is 5.34. The molecule has 1 aliphatic rings.